The first kappa shape index (κ1) is 13.3. The van der Waals surface area contributed by atoms with Gasteiger partial charge < -0.3 is 5.32 Å². The van der Waals surface area contributed by atoms with E-state index in [0.29, 0.717) is 18.2 Å². The minimum atomic E-state index is -5.10. The van der Waals surface area contributed by atoms with Gasteiger partial charge in [-0.25, -0.2) is 0 Å². The van der Waals surface area contributed by atoms with Crippen molar-refractivity contribution in [3.05, 3.63) is 29.8 Å². The molecule has 0 spiro atoms. The van der Waals surface area contributed by atoms with Crippen molar-refractivity contribution in [3.8, 4) is 0 Å². The summed E-state index contributed by atoms with van der Waals surface area (Å²) in [4.78, 5) is 10.4. The molecule has 1 rings (SSSR count). The van der Waals surface area contributed by atoms with Crippen LogP contribution in [-0.4, -0.2) is 12.1 Å². The van der Waals surface area contributed by atoms with Crippen LogP contribution in [-0.2, 0) is 11.0 Å². The van der Waals surface area contributed by atoms with E-state index in [-0.39, 0.29) is 0 Å². The molecule has 93 valence electrons. The molecule has 1 N–H and O–H groups in total. The van der Waals surface area contributed by atoms with Crippen molar-refractivity contribution in [3.63, 3.8) is 0 Å². The highest BCUT2D eigenvalue weighted by atomic mass is 19.4. The average Bonchev–Trinajstić information content (AvgIpc) is 2.15. The number of hydrogen-bond donors (Lipinski definition) is 1. The molecule has 8 heteroatoms. The van der Waals surface area contributed by atoms with Crippen LogP contribution in [0.5, 0.6) is 0 Å². The minimum Gasteiger partial charge on any atom is -0.318 e. The molecule has 0 aliphatic rings. The lowest BCUT2D eigenvalue weighted by molar-refractivity contribution is -0.167. The van der Waals surface area contributed by atoms with Gasteiger partial charge in [0.05, 0.1) is 5.56 Å². The molecule has 1 aromatic carbocycles. The molecule has 1 aromatic rings. The lowest BCUT2D eigenvalue weighted by atomic mass is 10.2. The van der Waals surface area contributed by atoms with Gasteiger partial charge >= 0.3 is 18.3 Å². The summed E-state index contributed by atoms with van der Waals surface area (Å²) in [5, 5.41) is 1.37. The minimum absolute atomic E-state index is 0.450. The summed E-state index contributed by atoms with van der Waals surface area (Å²) in [6, 6.07) is 3.58. The molecular formula is C9H4F6NO. The monoisotopic (exact) mass is 256 g/mol. The van der Waals surface area contributed by atoms with Gasteiger partial charge in [-0.1, -0.05) is 0 Å². The Bertz CT molecular complexity index is 405. The molecule has 0 fully saturated rings. The van der Waals surface area contributed by atoms with Crippen LogP contribution in [0.1, 0.15) is 5.56 Å². The Labute approximate surface area is 91.2 Å². The number of nitrogens with one attached hydrogen (secondary N) is 1. The first-order chi connectivity index (χ1) is 7.60. The Hall–Kier alpha value is -1.73. The molecule has 0 saturated carbocycles. The zero-order chi connectivity index (χ0) is 13.3. The van der Waals surface area contributed by atoms with Crippen LogP contribution in [0, 0.1) is 6.07 Å². The largest absolute Gasteiger partial charge is 0.471 e. The number of halogens is 6. The molecular weight excluding hydrogens is 252 g/mol. The maximum Gasteiger partial charge on any atom is 0.471 e. The number of carbonyl (C=O) groups excluding carboxylic acids is 1. The zero-order valence-electron chi connectivity index (χ0n) is 7.91. The third-order valence-corrected chi connectivity index (χ3v) is 1.65. The van der Waals surface area contributed by atoms with Crippen molar-refractivity contribution >= 4 is 11.6 Å². The van der Waals surface area contributed by atoms with E-state index in [1.54, 1.807) is 0 Å². The van der Waals surface area contributed by atoms with Crippen molar-refractivity contribution in [2.45, 2.75) is 12.4 Å². The Morgan fingerprint density at radius 2 is 1.71 bits per heavy atom. The fraction of sp³-hybridized carbons (Fsp3) is 0.222. The fourth-order valence-electron chi connectivity index (χ4n) is 0.872. The highest BCUT2D eigenvalue weighted by Gasteiger charge is 2.38. The van der Waals surface area contributed by atoms with Gasteiger partial charge in [0.2, 0.25) is 0 Å². The third-order valence-electron chi connectivity index (χ3n) is 1.65. The zero-order valence-corrected chi connectivity index (χ0v) is 7.91. The van der Waals surface area contributed by atoms with Crippen molar-refractivity contribution < 1.29 is 31.1 Å². The van der Waals surface area contributed by atoms with Gasteiger partial charge in [0.25, 0.3) is 0 Å². The Morgan fingerprint density at radius 3 is 2.06 bits per heavy atom. The van der Waals surface area contributed by atoms with Crippen molar-refractivity contribution in [2.75, 3.05) is 5.32 Å². The van der Waals surface area contributed by atoms with Gasteiger partial charge in [-0.2, -0.15) is 26.3 Å². The molecule has 0 saturated heterocycles. The molecule has 0 aliphatic heterocycles. The number of benzene rings is 1. The van der Waals surface area contributed by atoms with Crippen LogP contribution in [0.4, 0.5) is 32.0 Å². The Kier molecular flexibility index (Phi) is 3.35. The van der Waals surface area contributed by atoms with E-state index in [9.17, 15) is 31.1 Å². The van der Waals surface area contributed by atoms with Gasteiger partial charge in [-0.15, -0.1) is 0 Å². The smallest absolute Gasteiger partial charge is 0.318 e. The highest BCUT2D eigenvalue weighted by Crippen LogP contribution is 2.29. The van der Waals surface area contributed by atoms with Crippen molar-refractivity contribution in [1.29, 1.82) is 0 Å². The fourth-order valence-corrected chi connectivity index (χ4v) is 0.872. The number of amides is 1. The number of anilines is 1. The number of rotatable bonds is 1. The molecule has 2 nitrogen and oxygen atoms in total. The molecule has 0 bridgehead atoms. The van der Waals surface area contributed by atoms with Crippen LogP contribution in [0.25, 0.3) is 0 Å². The van der Waals surface area contributed by atoms with Crippen LogP contribution < -0.4 is 5.32 Å². The van der Waals surface area contributed by atoms with Gasteiger partial charge in [0, 0.05) is 11.8 Å². The van der Waals surface area contributed by atoms with E-state index in [1.165, 1.54) is 5.32 Å². The van der Waals surface area contributed by atoms with Crippen molar-refractivity contribution in [1.82, 2.24) is 0 Å². The number of carbonyl (C=O) groups is 1. The second-order valence-electron chi connectivity index (χ2n) is 2.94. The summed E-state index contributed by atoms with van der Waals surface area (Å²) in [7, 11) is 0. The molecule has 17 heavy (non-hydrogen) atoms. The lowest BCUT2D eigenvalue weighted by Crippen LogP contribution is -2.29. The summed E-state index contributed by atoms with van der Waals surface area (Å²) in [6.45, 7) is 0. The summed E-state index contributed by atoms with van der Waals surface area (Å²) in [5.41, 5.74) is -1.55. The third kappa shape index (κ3) is 3.65. The second-order valence-corrected chi connectivity index (χ2v) is 2.94. The normalized spacial score (nSPS) is 12.4. The number of hydrogen-bond acceptors (Lipinski definition) is 1. The SMILES string of the molecule is O=C(Nc1[c]cc(C(F)(F)F)cc1)C(F)(F)F. The quantitative estimate of drug-likeness (QED) is 0.769. The second kappa shape index (κ2) is 4.27. The summed E-state index contributed by atoms with van der Waals surface area (Å²) < 4.78 is 71.6. The maximum absolute atomic E-state index is 12.1. The van der Waals surface area contributed by atoms with E-state index in [0.717, 1.165) is 0 Å². The Balaban J connectivity index is 2.80. The van der Waals surface area contributed by atoms with Crippen LogP contribution in [0.15, 0.2) is 18.2 Å². The molecule has 1 amide bonds. The molecule has 0 heterocycles. The summed E-state index contributed by atoms with van der Waals surface area (Å²) in [5.74, 6) is -2.27. The molecule has 0 aromatic heterocycles. The summed E-state index contributed by atoms with van der Waals surface area (Å²) >= 11 is 0. The topological polar surface area (TPSA) is 29.1 Å². The standard InChI is InChI=1S/C9H4F6NO/c10-8(11,12)5-1-3-6(4-2-5)16-7(17)9(13,14)15/h1-3H,(H,16,17). The highest BCUT2D eigenvalue weighted by molar-refractivity contribution is 5.94. The Morgan fingerprint density at radius 1 is 1.12 bits per heavy atom. The molecule has 0 unspecified atom stereocenters. The van der Waals surface area contributed by atoms with E-state index < -0.39 is 29.5 Å². The van der Waals surface area contributed by atoms with Gasteiger partial charge in [-0.05, 0) is 18.2 Å². The predicted molar refractivity (Wildman–Crippen MR) is 45.0 cm³/mol. The summed E-state index contributed by atoms with van der Waals surface area (Å²) in [6.07, 6.45) is -9.71. The van der Waals surface area contributed by atoms with Crippen molar-refractivity contribution in [2.24, 2.45) is 0 Å². The van der Waals surface area contributed by atoms with E-state index in [2.05, 4.69) is 0 Å². The average molecular weight is 256 g/mol. The van der Waals surface area contributed by atoms with E-state index in [4.69, 9.17) is 0 Å². The van der Waals surface area contributed by atoms with Crippen LogP contribution >= 0.6 is 0 Å². The lowest BCUT2D eigenvalue weighted by Gasteiger charge is -2.09. The first-order valence-electron chi connectivity index (χ1n) is 4.08. The molecule has 1 radical (unpaired) electrons. The van der Waals surface area contributed by atoms with Gasteiger partial charge in [0.15, 0.2) is 0 Å². The van der Waals surface area contributed by atoms with Crippen LogP contribution in [0.2, 0.25) is 0 Å². The van der Waals surface area contributed by atoms with Crippen LogP contribution in [0.3, 0.4) is 0 Å². The number of alkyl halides is 6. The predicted octanol–water partition coefficient (Wildman–Crippen LogP) is 3.01. The first-order valence-corrected chi connectivity index (χ1v) is 4.08. The maximum atomic E-state index is 12.1. The van der Waals surface area contributed by atoms with E-state index >= 15 is 0 Å². The van der Waals surface area contributed by atoms with Gasteiger partial charge in [-0.3, -0.25) is 4.79 Å². The van der Waals surface area contributed by atoms with Gasteiger partial charge in [0.1, 0.15) is 0 Å². The van der Waals surface area contributed by atoms with E-state index in [1.807, 2.05) is 6.07 Å². The molecule has 0 aliphatic carbocycles. The molecule has 0 atom stereocenters.